The lowest BCUT2D eigenvalue weighted by atomic mass is 10.0. The van der Waals surface area contributed by atoms with E-state index < -0.39 is 0 Å². The summed E-state index contributed by atoms with van der Waals surface area (Å²) < 4.78 is 15.5. The molecule has 0 fully saturated rings. The van der Waals surface area contributed by atoms with Crippen molar-refractivity contribution in [3.8, 4) is 0 Å². The van der Waals surface area contributed by atoms with Crippen molar-refractivity contribution >= 4 is 45.6 Å². The van der Waals surface area contributed by atoms with Crippen LogP contribution in [0.15, 0.2) is 82.2 Å². The van der Waals surface area contributed by atoms with Crippen LogP contribution in [0.5, 0.6) is 0 Å². The van der Waals surface area contributed by atoms with Crippen molar-refractivity contribution < 1.29 is 9.18 Å². The number of thioether (sulfide) groups is 1. The molecule has 0 spiro atoms. The van der Waals surface area contributed by atoms with E-state index in [1.165, 1.54) is 23.9 Å². The average Bonchev–Trinajstić information content (AvgIpc) is 3.52. The van der Waals surface area contributed by atoms with E-state index in [0.717, 1.165) is 32.0 Å². The van der Waals surface area contributed by atoms with E-state index in [9.17, 15) is 9.18 Å². The molecule has 0 saturated carbocycles. The first-order valence-corrected chi connectivity index (χ1v) is 11.8. The van der Waals surface area contributed by atoms with Crippen LogP contribution in [0.1, 0.15) is 22.9 Å². The minimum atomic E-state index is -0.287. The number of rotatable bonds is 5. The lowest BCUT2D eigenvalue weighted by Gasteiger charge is -2.22. The van der Waals surface area contributed by atoms with Crippen LogP contribution in [0.2, 0.25) is 0 Å². The van der Waals surface area contributed by atoms with Crippen molar-refractivity contribution in [1.82, 2.24) is 9.58 Å². The maximum atomic E-state index is 13.5. The van der Waals surface area contributed by atoms with Crippen molar-refractivity contribution in [1.29, 1.82) is 0 Å². The van der Waals surface area contributed by atoms with Gasteiger partial charge in [-0.05, 0) is 35.2 Å². The number of hydrazone groups is 1. The van der Waals surface area contributed by atoms with E-state index in [4.69, 9.17) is 0 Å². The number of halogens is 1. The zero-order chi connectivity index (χ0) is 21.4. The molecule has 0 saturated heterocycles. The first-order valence-electron chi connectivity index (χ1n) is 9.96. The van der Waals surface area contributed by atoms with Crippen LogP contribution < -0.4 is 0 Å². The van der Waals surface area contributed by atoms with Gasteiger partial charge in [-0.25, -0.2) is 9.40 Å². The number of nitrogens with zero attached hydrogens (tertiary/aromatic N) is 3. The smallest absolute Gasteiger partial charge is 0.253 e. The summed E-state index contributed by atoms with van der Waals surface area (Å²) in [4.78, 5) is 15.4. The van der Waals surface area contributed by atoms with Gasteiger partial charge in [0.05, 0.1) is 22.4 Å². The second-order valence-corrected chi connectivity index (χ2v) is 9.41. The van der Waals surface area contributed by atoms with Crippen molar-refractivity contribution in [3.63, 3.8) is 0 Å². The summed E-state index contributed by atoms with van der Waals surface area (Å²) in [6, 6.07) is 18.3. The Bertz CT molecular complexity index is 1260. The van der Waals surface area contributed by atoms with Crippen molar-refractivity contribution in [2.45, 2.75) is 17.4 Å². The lowest BCUT2D eigenvalue weighted by molar-refractivity contribution is -0.130. The molecule has 1 aliphatic heterocycles. The van der Waals surface area contributed by atoms with Crippen LogP contribution in [-0.4, -0.2) is 26.9 Å². The molecule has 2 aromatic carbocycles. The number of thiophene rings is 1. The maximum Gasteiger partial charge on any atom is 0.253 e. The summed E-state index contributed by atoms with van der Waals surface area (Å²) in [7, 11) is 2.01. The number of hydrogen-bond donors (Lipinski definition) is 0. The van der Waals surface area contributed by atoms with Gasteiger partial charge >= 0.3 is 0 Å². The second-order valence-electron chi connectivity index (χ2n) is 7.44. The van der Waals surface area contributed by atoms with E-state index in [1.807, 2.05) is 36.7 Å². The monoisotopic (exact) mass is 449 g/mol. The molecular formula is C24H20FN3OS2. The third-order valence-electron chi connectivity index (χ3n) is 5.44. The molecule has 1 aliphatic rings. The molecule has 31 heavy (non-hydrogen) atoms. The van der Waals surface area contributed by atoms with Crippen molar-refractivity contribution in [2.75, 3.05) is 5.75 Å². The van der Waals surface area contributed by atoms with Gasteiger partial charge in [-0.1, -0.05) is 36.4 Å². The SMILES string of the molecule is Cn1cc(SCC(=O)N2N=C(c3cccs3)C[C@H]2c2ccc(F)cc2)c2ccccc21. The van der Waals surface area contributed by atoms with Crippen LogP contribution in [-0.2, 0) is 11.8 Å². The Morgan fingerprint density at radius 1 is 1.16 bits per heavy atom. The summed E-state index contributed by atoms with van der Waals surface area (Å²) >= 11 is 3.14. The number of hydrogen-bond acceptors (Lipinski definition) is 4. The average molecular weight is 450 g/mol. The Kier molecular flexibility index (Phi) is 5.38. The van der Waals surface area contributed by atoms with E-state index in [2.05, 4.69) is 28.0 Å². The number of carbonyl (C=O) groups excluding carboxylic acids is 1. The number of amides is 1. The molecule has 4 aromatic rings. The molecular weight excluding hydrogens is 429 g/mol. The minimum absolute atomic E-state index is 0.0567. The summed E-state index contributed by atoms with van der Waals surface area (Å²) in [5.74, 6) is -0.0586. The van der Waals surface area contributed by atoms with E-state index >= 15 is 0 Å². The largest absolute Gasteiger partial charge is 0.349 e. The summed E-state index contributed by atoms with van der Waals surface area (Å²) in [6.07, 6.45) is 2.68. The van der Waals surface area contributed by atoms with Gasteiger partial charge < -0.3 is 4.57 Å². The molecule has 1 amide bonds. The first-order chi connectivity index (χ1) is 15.1. The third kappa shape index (κ3) is 3.91. The van der Waals surface area contributed by atoms with E-state index in [0.29, 0.717) is 6.42 Å². The lowest BCUT2D eigenvalue weighted by Crippen LogP contribution is -2.28. The highest BCUT2D eigenvalue weighted by molar-refractivity contribution is 8.00. The van der Waals surface area contributed by atoms with E-state index in [-0.39, 0.29) is 23.5 Å². The fourth-order valence-corrected chi connectivity index (χ4v) is 5.59. The van der Waals surface area contributed by atoms with Gasteiger partial charge in [0.25, 0.3) is 5.91 Å². The molecule has 2 aromatic heterocycles. The Balaban J connectivity index is 1.40. The molecule has 4 nitrogen and oxygen atoms in total. The Morgan fingerprint density at radius 2 is 1.97 bits per heavy atom. The first kappa shape index (κ1) is 20.0. The van der Waals surface area contributed by atoms with Gasteiger partial charge in [0.1, 0.15) is 5.82 Å². The van der Waals surface area contributed by atoms with Crippen LogP contribution >= 0.6 is 23.1 Å². The molecule has 0 bridgehead atoms. The van der Waals surface area contributed by atoms with Crippen LogP contribution in [0, 0.1) is 5.82 Å². The standard InChI is InChI=1S/C24H20FN3OS2/c1-27-14-23(18-5-2-3-6-20(18)27)31-15-24(29)28-21(16-8-10-17(25)11-9-16)13-19(26-28)22-7-4-12-30-22/h2-12,14,21H,13,15H2,1H3/t21-/m0/s1. The second kappa shape index (κ2) is 8.32. The van der Waals surface area contributed by atoms with Gasteiger partial charge in [-0.15, -0.1) is 23.1 Å². The van der Waals surface area contributed by atoms with Crippen molar-refractivity contribution in [3.05, 3.63) is 88.5 Å². The molecule has 1 atom stereocenters. The molecule has 5 rings (SSSR count). The Hall–Kier alpha value is -2.90. The zero-order valence-electron chi connectivity index (χ0n) is 16.9. The van der Waals surface area contributed by atoms with Gasteiger partial charge in [0.2, 0.25) is 0 Å². The summed E-state index contributed by atoms with van der Waals surface area (Å²) in [6.45, 7) is 0. The highest BCUT2D eigenvalue weighted by Crippen LogP contribution is 2.35. The molecule has 3 heterocycles. The van der Waals surface area contributed by atoms with Crippen LogP contribution in [0.4, 0.5) is 4.39 Å². The van der Waals surface area contributed by atoms with Crippen LogP contribution in [0.3, 0.4) is 0 Å². The minimum Gasteiger partial charge on any atom is -0.349 e. The predicted molar refractivity (Wildman–Crippen MR) is 125 cm³/mol. The van der Waals surface area contributed by atoms with Gasteiger partial charge in [0.15, 0.2) is 0 Å². The number of fused-ring (bicyclic) bond motifs is 1. The number of aromatic nitrogens is 1. The summed E-state index contributed by atoms with van der Waals surface area (Å²) in [5.41, 5.74) is 2.92. The predicted octanol–water partition coefficient (Wildman–Crippen LogP) is 5.85. The number of para-hydroxylation sites is 1. The molecule has 156 valence electrons. The van der Waals surface area contributed by atoms with Gasteiger partial charge in [0, 0.05) is 35.5 Å². The number of aryl methyl sites for hydroxylation is 1. The molecule has 0 aliphatic carbocycles. The highest BCUT2D eigenvalue weighted by atomic mass is 32.2. The topological polar surface area (TPSA) is 37.6 Å². The van der Waals surface area contributed by atoms with Gasteiger partial charge in [-0.3, -0.25) is 4.79 Å². The summed E-state index contributed by atoms with van der Waals surface area (Å²) in [5, 5.41) is 9.42. The fourth-order valence-electron chi connectivity index (χ4n) is 3.90. The normalized spacial score (nSPS) is 16.1. The Labute approximate surface area is 188 Å². The molecule has 0 N–H and O–H groups in total. The third-order valence-corrected chi connectivity index (χ3v) is 7.38. The quantitative estimate of drug-likeness (QED) is 0.359. The fraction of sp³-hybridized carbons (Fsp3) is 0.167. The highest BCUT2D eigenvalue weighted by Gasteiger charge is 2.33. The number of benzene rings is 2. The molecule has 7 heteroatoms. The maximum absolute atomic E-state index is 13.5. The zero-order valence-corrected chi connectivity index (χ0v) is 18.5. The van der Waals surface area contributed by atoms with Crippen LogP contribution in [0.25, 0.3) is 10.9 Å². The number of carbonyl (C=O) groups is 1. The van der Waals surface area contributed by atoms with E-state index in [1.54, 1.807) is 28.5 Å². The van der Waals surface area contributed by atoms with Gasteiger partial charge in [-0.2, -0.15) is 5.10 Å². The molecule has 0 radical (unpaired) electrons. The van der Waals surface area contributed by atoms with Crippen molar-refractivity contribution in [2.24, 2.45) is 12.1 Å². The Morgan fingerprint density at radius 3 is 2.74 bits per heavy atom. The molecule has 0 unspecified atom stereocenters.